The molecule has 8 rings (SSSR count). The van der Waals surface area contributed by atoms with Crippen molar-refractivity contribution in [2.45, 2.75) is 20.0 Å². The zero-order chi connectivity index (χ0) is 31.7. The highest BCUT2D eigenvalue weighted by Crippen LogP contribution is 2.42. The van der Waals surface area contributed by atoms with E-state index in [-0.39, 0.29) is 0 Å². The van der Waals surface area contributed by atoms with Gasteiger partial charge in [0.25, 0.3) is 0 Å². The molecule has 0 saturated carbocycles. The van der Waals surface area contributed by atoms with Crippen molar-refractivity contribution in [3.05, 3.63) is 144 Å². The van der Waals surface area contributed by atoms with Crippen molar-refractivity contribution in [1.29, 1.82) is 5.26 Å². The molecule has 0 amide bonds. The number of hydrogen-bond donors (Lipinski definition) is 0. The summed E-state index contributed by atoms with van der Waals surface area (Å²) in [5.41, 5.74) is 7.75. The Labute approximate surface area is 263 Å². The van der Waals surface area contributed by atoms with E-state index in [1.165, 1.54) is 12.1 Å². The van der Waals surface area contributed by atoms with Gasteiger partial charge in [-0.1, -0.05) is 71.8 Å². The Morgan fingerprint density at radius 3 is 1.65 bits per heavy atom. The van der Waals surface area contributed by atoms with Crippen molar-refractivity contribution >= 4 is 43.6 Å². The molecule has 46 heavy (non-hydrogen) atoms. The van der Waals surface area contributed by atoms with Crippen LogP contribution in [0.15, 0.2) is 121 Å². The fourth-order valence-corrected chi connectivity index (χ4v) is 6.82. The molecule has 0 fully saturated rings. The summed E-state index contributed by atoms with van der Waals surface area (Å²) in [6.45, 7) is 4.08. The first-order valence-corrected chi connectivity index (χ1v) is 15.0. The first kappa shape index (κ1) is 27.7. The van der Waals surface area contributed by atoms with Crippen LogP contribution in [0.4, 0.5) is 13.2 Å². The second-order valence-electron chi connectivity index (χ2n) is 11.8. The summed E-state index contributed by atoms with van der Waals surface area (Å²) in [6.07, 6.45) is -4.51. The van der Waals surface area contributed by atoms with Gasteiger partial charge in [-0.25, -0.2) is 0 Å². The number of benzene rings is 6. The molecule has 0 saturated heterocycles. The molecule has 2 aromatic heterocycles. The maximum atomic E-state index is 14.1. The minimum atomic E-state index is -4.51. The van der Waals surface area contributed by atoms with Crippen LogP contribution in [0.2, 0.25) is 0 Å². The van der Waals surface area contributed by atoms with E-state index in [9.17, 15) is 18.4 Å². The van der Waals surface area contributed by atoms with Crippen LogP contribution in [0.25, 0.3) is 66.1 Å². The predicted octanol–water partition coefficient (Wildman–Crippen LogP) is 11.1. The fraction of sp³-hybridized carbons (Fsp3) is 0.0750. The van der Waals surface area contributed by atoms with Crippen molar-refractivity contribution in [3.63, 3.8) is 0 Å². The van der Waals surface area contributed by atoms with Crippen LogP contribution in [-0.2, 0) is 6.18 Å². The number of fused-ring (bicyclic) bond motifs is 6. The zero-order valence-corrected chi connectivity index (χ0v) is 25.0. The van der Waals surface area contributed by atoms with Crippen LogP contribution in [0.3, 0.4) is 0 Å². The van der Waals surface area contributed by atoms with E-state index in [1.54, 1.807) is 6.07 Å². The summed E-state index contributed by atoms with van der Waals surface area (Å²) in [5.74, 6) is 0. The lowest BCUT2D eigenvalue weighted by Gasteiger charge is -2.19. The SMILES string of the molecule is Cc1ccc2c(c1)c1ccccc1n2-c1cc(-c2cccc(C(F)(F)F)c2)c(-n2c3ccccc3c3cc(C)ccc32)cc1C#N. The van der Waals surface area contributed by atoms with Gasteiger partial charge < -0.3 is 9.13 Å². The highest BCUT2D eigenvalue weighted by molar-refractivity contribution is 6.11. The van der Waals surface area contributed by atoms with E-state index in [0.717, 1.165) is 60.8 Å². The minimum Gasteiger partial charge on any atom is -0.309 e. The van der Waals surface area contributed by atoms with Gasteiger partial charge in [-0.3, -0.25) is 0 Å². The molecule has 222 valence electrons. The molecule has 0 atom stereocenters. The number of nitriles is 1. The van der Waals surface area contributed by atoms with E-state index in [1.807, 2.05) is 86.6 Å². The van der Waals surface area contributed by atoms with Crippen molar-refractivity contribution in [1.82, 2.24) is 9.13 Å². The molecule has 8 aromatic rings. The van der Waals surface area contributed by atoms with Gasteiger partial charge in [-0.05, 0) is 80.1 Å². The van der Waals surface area contributed by atoms with E-state index in [0.29, 0.717) is 28.1 Å². The third-order valence-electron chi connectivity index (χ3n) is 8.87. The molecule has 0 N–H and O–H groups in total. The van der Waals surface area contributed by atoms with Crippen LogP contribution in [0.5, 0.6) is 0 Å². The average Bonchev–Trinajstić information content (AvgIpc) is 3.56. The molecule has 0 radical (unpaired) electrons. The lowest BCUT2D eigenvalue weighted by atomic mass is 9.97. The molecule has 0 bridgehead atoms. The predicted molar refractivity (Wildman–Crippen MR) is 180 cm³/mol. The van der Waals surface area contributed by atoms with Gasteiger partial charge in [0, 0.05) is 27.1 Å². The van der Waals surface area contributed by atoms with E-state index >= 15 is 0 Å². The van der Waals surface area contributed by atoms with Gasteiger partial charge in [0.15, 0.2) is 0 Å². The van der Waals surface area contributed by atoms with Crippen molar-refractivity contribution in [3.8, 4) is 28.6 Å². The number of rotatable bonds is 3. The van der Waals surface area contributed by atoms with Crippen molar-refractivity contribution in [2.75, 3.05) is 0 Å². The highest BCUT2D eigenvalue weighted by atomic mass is 19.4. The van der Waals surface area contributed by atoms with Gasteiger partial charge in [0.2, 0.25) is 0 Å². The number of aryl methyl sites for hydroxylation is 2. The molecular weight excluding hydrogens is 579 g/mol. The van der Waals surface area contributed by atoms with Crippen LogP contribution in [0.1, 0.15) is 22.3 Å². The fourth-order valence-electron chi connectivity index (χ4n) is 6.82. The van der Waals surface area contributed by atoms with E-state index < -0.39 is 11.7 Å². The number of hydrogen-bond acceptors (Lipinski definition) is 1. The Balaban J connectivity index is 1.53. The largest absolute Gasteiger partial charge is 0.416 e. The van der Waals surface area contributed by atoms with Crippen LogP contribution < -0.4 is 0 Å². The van der Waals surface area contributed by atoms with Crippen LogP contribution >= 0.6 is 0 Å². The molecule has 3 nitrogen and oxygen atoms in total. The number of nitrogens with zero attached hydrogens (tertiary/aromatic N) is 3. The summed E-state index contributed by atoms with van der Waals surface area (Å²) in [7, 11) is 0. The lowest BCUT2D eigenvalue weighted by Crippen LogP contribution is -2.06. The summed E-state index contributed by atoms with van der Waals surface area (Å²) in [6, 6.07) is 40.0. The molecule has 2 heterocycles. The molecule has 6 aromatic carbocycles. The normalized spacial score (nSPS) is 12.0. The summed E-state index contributed by atoms with van der Waals surface area (Å²) < 4.78 is 46.3. The molecule has 0 unspecified atom stereocenters. The molecule has 0 spiro atoms. The molecular formula is C40H26F3N3. The van der Waals surface area contributed by atoms with Gasteiger partial charge in [-0.15, -0.1) is 0 Å². The van der Waals surface area contributed by atoms with Gasteiger partial charge in [0.05, 0.1) is 44.6 Å². The van der Waals surface area contributed by atoms with Crippen molar-refractivity contribution < 1.29 is 13.2 Å². The Kier molecular flexibility index (Phi) is 6.10. The summed E-state index contributed by atoms with van der Waals surface area (Å²) in [4.78, 5) is 0. The number of alkyl halides is 3. The minimum absolute atomic E-state index is 0.408. The molecule has 0 aliphatic rings. The summed E-state index contributed by atoms with van der Waals surface area (Å²) in [5, 5.41) is 14.8. The molecule has 0 aliphatic heterocycles. The topological polar surface area (TPSA) is 33.6 Å². The smallest absolute Gasteiger partial charge is 0.309 e. The highest BCUT2D eigenvalue weighted by Gasteiger charge is 2.31. The van der Waals surface area contributed by atoms with E-state index in [4.69, 9.17) is 0 Å². The first-order chi connectivity index (χ1) is 22.2. The lowest BCUT2D eigenvalue weighted by molar-refractivity contribution is -0.137. The molecule has 6 heteroatoms. The molecule has 0 aliphatic carbocycles. The monoisotopic (exact) mass is 605 g/mol. The van der Waals surface area contributed by atoms with Crippen LogP contribution in [0, 0.1) is 25.2 Å². The number of halogens is 3. The Morgan fingerprint density at radius 2 is 1.09 bits per heavy atom. The standard InChI is InChI=1S/C40H26F3N3/c1-24-14-16-36-32(18-24)29-10-3-5-12-34(29)45(36)38-22-31(26-8-7-9-28(20-26)40(41,42)43)39(21-27(38)23-44)46-35-13-6-4-11-30(35)33-19-25(2)15-17-37(33)46/h3-22H,1-2H3. The van der Waals surface area contributed by atoms with Gasteiger partial charge in [-0.2, -0.15) is 18.4 Å². The zero-order valence-electron chi connectivity index (χ0n) is 25.0. The Morgan fingerprint density at radius 1 is 0.543 bits per heavy atom. The third kappa shape index (κ3) is 4.20. The Bertz CT molecular complexity index is 2560. The number of para-hydroxylation sites is 2. The van der Waals surface area contributed by atoms with Crippen molar-refractivity contribution in [2.24, 2.45) is 0 Å². The first-order valence-electron chi connectivity index (χ1n) is 15.0. The van der Waals surface area contributed by atoms with Gasteiger partial charge >= 0.3 is 6.18 Å². The summed E-state index contributed by atoms with van der Waals surface area (Å²) >= 11 is 0. The maximum absolute atomic E-state index is 14.1. The average molecular weight is 606 g/mol. The maximum Gasteiger partial charge on any atom is 0.416 e. The quantitative estimate of drug-likeness (QED) is 0.197. The third-order valence-corrected chi connectivity index (χ3v) is 8.87. The Hall–Kier alpha value is -5.80. The van der Waals surface area contributed by atoms with Gasteiger partial charge in [0.1, 0.15) is 6.07 Å². The van der Waals surface area contributed by atoms with E-state index in [2.05, 4.69) is 39.5 Å². The van der Waals surface area contributed by atoms with Crippen LogP contribution in [-0.4, -0.2) is 9.13 Å². The second kappa shape index (κ2) is 10.1. The second-order valence-corrected chi connectivity index (χ2v) is 11.8. The number of aromatic nitrogens is 2.